The number of morpholine rings is 1. The summed E-state index contributed by atoms with van der Waals surface area (Å²) in [5.74, 6) is -0.963. The maximum atomic E-state index is 12.9. The summed E-state index contributed by atoms with van der Waals surface area (Å²) in [6, 6.07) is 9.91. The van der Waals surface area contributed by atoms with E-state index < -0.39 is 17.1 Å². The van der Waals surface area contributed by atoms with Gasteiger partial charge in [-0.25, -0.2) is 4.79 Å². The van der Waals surface area contributed by atoms with Crippen LogP contribution in [0.4, 0.5) is 4.79 Å². The molecule has 10 nitrogen and oxygen atoms in total. The van der Waals surface area contributed by atoms with E-state index in [-0.39, 0.29) is 29.5 Å². The van der Waals surface area contributed by atoms with Gasteiger partial charge in [-0.2, -0.15) is 0 Å². The first kappa shape index (κ1) is 26.9. The van der Waals surface area contributed by atoms with Gasteiger partial charge in [0, 0.05) is 13.1 Å². The summed E-state index contributed by atoms with van der Waals surface area (Å²) in [5, 5.41) is 8.68. The van der Waals surface area contributed by atoms with Gasteiger partial charge >= 0.3 is 5.97 Å². The Kier molecular flexibility index (Phi) is 8.71. The highest BCUT2D eigenvalue weighted by atomic mass is 127. The first-order chi connectivity index (χ1) is 17.8. The number of imide groups is 1. The largest absolute Gasteiger partial charge is 0.493 e. The molecule has 0 radical (unpaired) electrons. The summed E-state index contributed by atoms with van der Waals surface area (Å²) in [6.45, 7) is 1.55. The number of thioether (sulfide) groups is 1. The SMILES string of the molecule is COc1cc(/C=C2/SC(=O)N(CC(=O)N3CCOCC3)C2=O)cc(I)c1OCc1cccc(C(=O)O)c1. The molecule has 0 bridgehead atoms. The summed E-state index contributed by atoms with van der Waals surface area (Å²) in [4.78, 5) is 51.9. The van der Waals surface area contributed by atoms with Gasteiger partial charge in [-0.1, -0.05) is 12.1 Å². The molecule has 2 aliphatic rings. The lowest BCUT2D eigenvalue weighted by Crippen LogP contribution is -2.46. The van der Waals surface area contributed by atoms with Crippen LogP contribution in [0.3, 0.4) is 0 Å². The second-order valence-electron chi connectivity index (χ2n) is 8.09. The number of carboxylic acid groups (broad SMARTS) is 1. The first-order valence-electron chi connectivity index (χ1n) is 11.2. The van der Waals surface area contributed by atoms with Crippen LogP contribution in [0.1, 0.15) is 21.5 Å². The van der Waals surface area contributed by atoms with E-state index in [4.69, 9.17) is 14.2 Å². The minimum Gasteiger partial charge on any atom is -0.493 e. The zero-order valence-corrected chi connectivity index (χ0v) is 22.7. The van der Waals surface area contributed by atoms with E-state index in [1.165, 1.54) is 19.2 Å². The fraction of sp³-hybridized carbons (Fsp3) is 0.280. The number of nitrogens with zero attached hydrogens (tertiary/aromatic N) is 2. The van der Waals surface area contributed by atoms with Gasteiger partial charge in [0.1, 0.15) is 13.2 Å². The Labute approximate surface area is 230 Å². The van der Waals surface area contributed by atoms with Gasteiger partial charge < -0.3 is 24.2 Å². The molecule has 2 aromatic carbocycles. The predicted molar refractivity (Wildman–Crippen MR) is 144 cm³/mol. The molecule has 12 heteroatoms. The third-order valence-electron chi connectivity index (χ3n) is 5.64. The zero-order chi connectivity index (χ0) is 26.5. The van der Waals surface area contributed by atoms with Crippen molar-refractivity contribution in [2.45, 2.75) is 6.61 Å². The van der Waals surface area contributed by atoms with Crippen LogP contribution in [0, 0.1) is 3.57 Å². The second kappa shape index (κ2) is 12.0. The number of ether oxygens (including phenoxy) is 3. The highest BCUT2D eigenvalue weighted by Gasteiger charge is 2.37. The molecule has 0 spiro atoms. The number of carbonyl (C=O) groups is 4. The van der Waals surface area contributed by atoms with E-state index >= 15 is 0 Å². The number of methoxy groups -OCH3 is 1. The van der Waals surface area contributed by atoms with Crippen molar-refractivity contribution in [2.24, 2.45) is 0 Å². The molecule has 0 unspecified atom stereocenters. The molecule has 0 saturated carbocycles. The van der Waals surface area contributed by atoms with Crippen LogP contribution in [0.2, 0.25) is 0 Å². The molecule has 2 saturated heterocycles. The molecule has 0 atom stereocenters. The monoisotopic (exact) mass is 638 g/mol. The summed E-state index contributed by atoms with van der Waals surface area (Å²) < 4.78 is 17.3. The molecule has 4 rings (SSSR count). The van der Waals surface area contributed by atoms with Crippen molar-refractivity contribution in [1.82, 2.24) is 9.80 Å². The van der Waals surface area contributed by atoms with E-state index in [0.29, 0.717) is 52.5 Å². The van der Waals surface area contributed by atoms with Crippen LogP contribution in [0.5, 0.6) is 11.5 Å². The Bertz CT molecular complexity index is 1280. The average molecular weight is 638 g/mol. The number of hydrogen-bond acceptors (Lipinski definition) is 8. The Morgan fingerprint density at radius 1 is 1.19 bits per heavy atom. The molecule has 2 heterocycles. The van der Waals surface area contributed by atoms with Crippen molar-refractivity contribution in [3.63, 3.8) is 0 Å². The standard InChI is InChI=1S/C25H23IN2O8S/c1-34-19-11-16(10-18(26)22(19)36-14-15-3-2-4-17(9-15)24(31)32)12-20-23(30)28(25(33)37-20)13-21(29)27-5-7-35-8-6-27/h2-4,9-12H,5-8,13-14H2,1H3,(H,31,32)/b20-12+. The normalized spacial score (nSPS) is 16.9. The van der Waals surface area contributed by atoms with Crippen molar-refractivity contribution in [3.8, 4) is 11.5 Å². The average Bonchev–Trinajstić information content (AvgIpc) is 3.15. The molecule has 0 aliphatic carbocycles. The molecular weight excluding hydrogens is 615 g/mol. The number of carbonyl (C=O) groups excluding carboxylic acids is 3. The third kappa shape index (κ3) is 6.43. The van der Waals surface area contributed by atoms with E-state index in [0.717, 1.165) is 16.7 Å². The number of carboxylic acids is 1. The minimum absolute atomic E-state index is 0.128. The topological polar surface area (TPSA) is 123 Å². The first-order valence-corrected chi connectivity index (χ1v) is 13.1. The summed E-state index contributed by atoms with van der Waals surface area (Å²) in [6.07, 6.45) is 1.58. The Balaban J connectivity index is 1.48. The van der Waals surface area contributed by atoms with Gasteiger partial charge in [-0.3, -0.25) is 19.3 Å². The van der Waals surface area contributed by atoms with Crippen LogP contribution >= 0.6 is 34.4 Å². The number of halogens is 1. The maximum Gasteiger partial charge on any atom is 0.335 e. The molecule has 2 aliphatic heterocycles. The van der Waals surface area contributed by atoms with E-state index in [2.05, 4.69) is 22.6 Å². The van der Waals surface area contributed by atoms with Crippen LogP contribution in [0.25, 0.3) is 6.08 Å². The molecule has 3 amide bonds. The predicted octanol–water partition coefficient (Wildman–Crippen LogP) is 3.47. The molecule has 194 valence electrons. The minimum atomic E-state index is -1.02. The number of benzene rings is 2. The van der Waals surface area contributed by atoms with E-state index in [1.807, 2.05) is 0 Å². The van der Waals surface area contributed by atoms with Gasteiger partial charge in [-0.05, 0) is 75.8 Å². The van der Waals surface area contributed by atoms with Gasteiger partial charge in [0.25, 0.3) is 11.1 Å². The molecular formula is C25H23IN2O8S. The summed E-state index contributed by atoms with van der Waals surface area (Å²) in [5.41, 5.74) is 1.47. The van der Waals surface area contributed by atoms with Gasteiger partial charge in [0.2, 0.25) is 5.91 Å². The lowest BCUT2D eigenvalue weighted by Gasteiger charge is -2.28. The quantitative estimate of drug-likeness (QED) is 0.342. The fourth-order valence-electron chi connectivity index (χ4n) is 3.75. The Morgan fingerprint density at radius 3 is 2.65 bits per heavy atom. The summed E-state index contributed by atoms with van der Waals surface area (Å²) >= 11 is 2.86. The Hall–Kier alpha value is -3.10. The Morgan fingerprint density at radius 2 is 1.95 bits per heavy atom. The molecule has 0 aromatic heterocycles. The maximum absolute atomic E-state index is 12.9. The highest BCUT2D eigenvalue weighted by Crippen LogP contribution is 2.37. The van der Waals surface area contributed by atoms with E-state index in [1.54, 1.807) is 35.2 Å². The van der Waals surface area contributed by atoms with Crippen LogP contribution in [-0.4, -0.2) is 77.9 Å². The molecule has 37 heavy (non-hydrogen) atoms. The van der Waals surface area contributed by atoms with E-state index in [9.17, 15) is 24.3 Å². The summed E-state index contributed by atoms with van der Waals surface area (Å²) in [7, 11) is 1.48. The van der Waals surface area contributed by atoms with Crippen molar-refractivity contribution in [3.05, 3.63) is 61.6 Å². The second-order valence-corrected chi connectivity index (χ2v) is 10.2. The number of amides is 3. The van der Waals surface area contributed by atoms with Crippen molar-refractivity contribution in [1.29, 1.82) is 0 Å². The highest BCUT2D eigenvalue weighted by molar-refractivity contribution is 14.1. The number of hydrogen-bond donors (Lipinski definition) is 1. The fourth-order valence-corrected chi connectivity index (χ4v) is 5.37. The lowest BCUT2D eigenvalue weighted by molar-refractivity contribution is -0.139. The zero-order valence-electron chi connectivity index (χ0n) is 19.8. The van der Waals surface area contributed by atoms with Gasteiger partial charge in [-0.15, -0.1) is 0 Å². The number of aromatic carboxylic acids is 1. The molecule has 2 aromatic rings. The van der Waals surface area contributed by atoms with Crippen LogP contribution in [-0.2, 0) is 20.9 Å². The van der Waals surface area contributed by atoms with Crippen molar-refractivity contribution in [2.75, 3.05) is 40.0 Å². The molecule has 2 fully saturated rings. The van der Waals surface area contributed by atoms with Crippen molar-refractivity contribution >= 4 is 63.5 Å². The van der Waals surface area contributed by atoms with Crippen molar-refractivity contribution < 1.29 is 38.5 Å². The van der Waals surface area contributed by atoms with Crippen LogP contribution < -0.4 is 9.47 Å². The smallest absolute Gasteiger partial charge is 0.335 e. The molecule has 1 N–H and O–H groups in total. The van der Waals surface area contributed by atoms with Gasteiger partial charge in [0.05, 0.1) is 34.4 Å². The van der Waals surface area contributed by atoms with Gasteiger partial charge in [0.15, 0.2) is 11.5 Å². The third-order valence-corrected chi connectivity index (χ3v) is 7.35. The number of rotatable bonds is 8. The lowest BCUT2D eigenvalue weighted by atomic mass is 10.1. The van der Waals surface area contributed by atoms with Crippen LogP contribution in [0.15, 0.2) is 41.3 Å².